The van der Waals surface area contributed by atoms with Crippen molar-refractivity contribution in [3.05, 3.63) is 34.4 Å². The molecule has 1 saturated heterocycles. The Kier molecular flexibility index (Phi) is 5.24. The van der Waals surface area contributed by atoms with Crippen LogP contribution in [-0.2, 0) is 28.8 Å². The number of carbonyl (C=O) groups is 1. The molecule has 1 fully saturated rings. The maximum Gasteiger partial charge on any atom is 0.234 e. The maximum absolute atomic E-state index is 12.3. The van der Waals surface area contributed by atoms with Gasteiger partial charge in [-0.2, -0.15) is 0 Å². The highest BCUT2D eigenvalue weighted by molar-refractivity contribution is 5.85. The molecule has 5 heteroatoms. The van der Waals surface area contributed by atoms with E-state index in [-0.39, 0.29) is 24.4 Å². The number of fused-ring (bicyclic) bond motifs is 2. The highest BCUT2D eigenvalue weighted by Crippen LogP contribution is 2.35. The highest BCUT2D eigenvalue weighted by atomic mass is 35.5. The predicted octanol–water partition coefficient (Wildman–Crippen LogP) is 2.03. The lowest BCUT2D eigenvalue weighted by Gasteiger charge is -2.26. The summed E-state index contributed by atoms with van der Waals surface area (Å²) in [7, 11) is 0. The lowest BCUT2D eigenvalue weighted by Crippen LogP contribution is -2.43. The quantitative estimate of drug-likeness (QED) is 0.918. The van der Waals surface area contributed by atoms with E-state index in [0.29, 0.717) is 6.54 Å². The molecule has 1 amide bonds. The fraction of sp³-hybridized carbons (Fsp3) is 0.611. The first kappa shape index (κ1) is 16.7. The average molecular weight is 337 g/mol. The first-order valence-electron chi connectivity index (χ1n) is 8.53. The largest absolute Gasteiger partial charge is 0.379 e. The van der Waals surface area contributed by atoms with Crippen molar-refractivity contribution in [3.63, 3.8) is 0 Å². The van der Waals surface area contributed by atoms with Crippen molar-refractivity contribution in [3.8, 4) is 0 Å². The van der Waals surface area contributed by atoms with Gasteiger partial charge in [0.05, 0.1) is 25.8 Å². The van der Waals surface area contributed by atoms with Crippen LogP contribution in [0.4, 0.5) is 0 Å². The van der Waals surface area contributed by atoms with Crippen LogP contribution in [-0.4, -0.2) is 43.7 Å². The van der Waals surface area contributed by atoms with Gasteiger partial charge < -0.3 is 10.1 Å². The van der Waals surface area contributed by atoms with Crippen LogP contribution in [0.5, 0.6) is 0 Å². The van der Waals surface area contributed by atoms with Crippen LogP contribution in [0.15, 0.2) is 12.1 Å². The summed E-state index contributed by atoms with van der Waals surface area (Å²) in [6.07, 6.45) is 5.87. The third-order valence-corrected chi connectivity index (χ3v) is 5.24. The second kappa shape index (κ2) is 7.20. The summed E-state index contributed by atoms with van der Waals surface area (Å²) in [5.74, 6) is 0.153. The Labute approximate surface area is 144 Å². The molecule has 1 aliphatic heterocycles. The molecule has 0 radical (unpaired) electrons. The molecule has 3 aliphatic rings. The van der Waals surface area contributed by atoms with E-state index in [4.69, 9.17) is 4.74 Å². The lowest BCUT2D eigenvalue weighted by molar-refractivity contribution is -0.124. The molecule has 1 N–H and O–H groups in total. The molecule has 0 bridgehead atoms. The lowest BCUT2D eigenvalue weighted by atomic mass is 10.0. The van der Waals surface area contributed by atoms with Gasteiger partial charge in [-0.3, -0.25) is 9.69 Å². The molecule has 0 saturated carbocycles. The number of halogens is 1. The van der Waals surface area contributed by atoms with Crippen molar-refractivity contribution in [2.24, 2.45) is 0 Å². The number of morpholine rings is 1. The Balaban J connectivity index is 0.00000156. The molecule has 0 spiro atoms. The summed E-state index contributed by atoms with van der Waals surface area (Å²) >= 11 is 0. The van der Waals surface area contributed by atoms with Crippen molar-refractivity contribution in [1.29, 1.82) is 0 Å². The van der Waals surface area contributed by atoms with Crippen molar-refractivity contribution >= 4 is 18.3 Å². The Morgan fingerprint density at radius 1 is 1.13 bits per heavy atom. The molecule has 1 heterocycles. The predicted molar refractivity (Wildman–Crippen MR) is 92.2 cm³/mol. The molecule has 1 atom stereocenters. The molecule has 4 nitrogen and oxygen atoms in total. The van der Waals surface area contributed by atoms with E-state index >= 15 is 0 Å². The average Bonchev–Trinajstić information content (AvgIpc) is 3.13. The third-order valence-electron chi connectivity index (χ3n) is 5.24. The number of aryl methyl sites for hydroxylation is 3. The molecular formula is C18H25ClN2O2. The molecule has 23 heavy (non-hydrogen) atoms. The van der Waals surface area contributed by atoms with E-state index in [1.54, 1.807) is 5.56 Å². The second-order valence-electron chi connectivity index (χ2n) is 6.72. The Morgan fingerprint density at radius 3 is 2.65 bits per heavy atom. The molecule has 1 aromatic rings. The van der Waals surface area contributed by atoms with E-state index in [1.807, 2.05) is 0 Å². The van der Waals surface area contributed by atoms with E-state index in [1.165, 1.54) is 36.0 Å². The second-order valence-corrected chi connectivity index (χ2v) is 6.72. The Hall–Kier alpha value is -1.10. The topological polar surface area (TPSA) is 41.6 Å². The summed E-state index contributed by atoms with van der Waals surface area (Å²) in [6, 6.07) is 4.98. The number of hydrogen-bond acceptors (Lipinski definition) is 3. The van der Waals surface area contributed by atoms with Gasteiger partial charge in [0, 0.05) is 13.1 Å². The number of amides is 1. The van der Waals surface area contributed by atoms with Crippen LogP contribution in [0, 0.1) is 0 Å². The van der Waals surface area contributed by atoms with Crippen LogP contribution in [0.2, 0.25) is 0 Å². The monoisotopic (exact) mass is 336 g/mol. The van der Waals surface area contributed by atoms with Crippen LogP contribution in [0.1, 0.15) is 41.1 Å². The van der Waals surface area contributed by atoms with Gasteiger partial charge in [0.25, 0.3) is 0 Å². The van der Waals surface area contributed by atoms with Crippen molar-refractivity contribution in [2.75, 3.05) is 32.8 Å². The zero-order chi connectivity index (χ0) is 14.9. The highest BCUT2D eigenvalue weighted by Gasteiger charge is 2.27. The van der Waals surface area contributed by atoms with Gasteiger partial charge in [-0.1, -0.05) is 12.1 Å². The van der Waals surface area contributed by atoms with Gasteiger partial charge >= 0.3 is 0 Å². The van der Waals surface area contributed by atoms with Crippen LogP contribution >= 0.6 is 12.4 Å². The van der Waals surface area contributed by atoms with Gasteiger partial charge in [0.2, 0.25) is 5.91 Å². The Bertz CT molecular complexity index is 585. The number of nitrogens with zero attached hydrogens (tertiary/aromatic N) is 1. The molecular weight excluding hydrogens is 312 g/mol. The van der Waals surface area contributed by atoms with Gasteiger partial charge in [0.1, 0.15) is 0 Å². The first-order chi connectivity index (χ1) is 10.8. The minimum atomic E-state index is 0. The van der Waals surface area contributed by atoms with E-state index < -0.39 is 0 Å². The van der Waals surface area contributed by atoms with Crippen molar-refractivity contribution in [1.82, 2.24) is 10.2 Å². The van der Waals surface area contributed by atoms with Gasteiger partial charge in [-0.25, -0.2) is 0 Å². The van der Waals surface area contributed by atoms with Crippen molar-refractivity contribution in [2.45, 2.75) is 38.1 Å². The van der Waals surface area contributed by atoms with Crippen LogP contribution in [0.3, 0.4) is 0 Å². The minimum absolute atomic E-state index is 0. The number of ether oxygens (including phenoxy) is 1. The summed E-state index contributed by atoms with van der Waals surface area (Å²) < 4.78 is 5.33. The molecule has 0 aromatic heterocycles. The maximum atomic E-state index is 12.3. The van der Waals surface area contributed by atoms with E-state index in [9.17, 15) is 4.79 Å². The van der Waals surface area contributed by atoms with Crippen molar-refractivity contribution < 1.29 is 9.53 Å². The summed E-state index contributed by atoms with van der Waals surface area (Å²) in [5.41, 5.74) is 5.88. The number of rotatable bonds is 3. The van der Waals surface area contributed by atoms with Gasteiger partial charge in [-0.15, -0.1) is 12.4 Å². The molecule has 4 rings (SSSR count). The van der Waals surface area contributed by atoms with Gasteiger partial charge in [-0.05, 0) is 54.4 Å². The fourth-order valence-corrected chi connectivity index (χ4v) is 4.04. The normalized spacial score (nSPS) is 23.0. The third kappa shape index (κ3) is 3.54. The molecule has 2 aliphatic carbocycles. The summed E-state index contributed by atoms with van der Waals surface area (Å²) in [4.78, 5) is 14.5. The smallest absolute Gasteiger partial charge is 0.234 e. The van der Waals surface area contributed by atoms with Crippen LogP contribution in [0.25, 0.3) is 0 Å². The number of nitrogens with one attached hydrogen (secondary N) is 1. The molecule has 126 valence electrons. The number of carbonyl (C=O) groups excluding carboxylic acids is 1. The first-order valence-corrected chi connectivity index (χ1v) is 8.53. The van der Waals surface area contributed by atoms with Gasteiger partial charge in [0.15, 0.2) is 0 Å². The zero-order valence-corrected chi connectivity index (χ0v) is 14.3. The van der Waals surface area contributed by atoms with E-state index in [0.717, 1.165) is 39.1 Å². The fourth-order valence-electron chi connectivity index (χ4n) is 4.04. The number of benzene rings is 1. The van der Waals surface area contributed by atoms with E-state index in [2.05, 4.69) is 22.3 Å². The molecule has 1 unspecified atom stereocenters. The minimum Gasteiger partial charge on any atom is -0.379 e. The standard InChI is InChI=1S/C18H24N2O2.ClH/c21-18(12-20-6-8-22-9-7-20)19-17-5-4-15-10-13-2-1-3-14(13)11-16(15)17;/h10-11,17H,1-9,12H2,(H,19,21);1H. The Morgan fingerprint density at radius 2 is 1.87 bits per heavy atom. The summed E-state index contributed by atoms with van der Waals surface area (Å²) in [6.45, 7) is 3.71. The summed E-state index contributed by atoms with van der Waals surface area (Å²) in [5, 5.41) is 3.25. The number of hydrogen-bond donors (Lipinski definition) is 1. The van der Waals surface area contributed by atoms with Crippen LogP contribution < -0.4 is 5.32 Å². The molecule has 1 aromatic carbocycles. The SMILES string of the molecule is Cl.O=C(CN1CCOCC1)NC1CCc2cc3c(cc21)CCC3. The zero-order valence-electron chi connectivity index (χ0n) is 13.5.